The second-order valence-electron chi connectivity index (χ2n) is 10.1. The number of rotatable bonds is 8. The minimum atomic E-state index is 0.0842. The first-order valence-electron chi connectivity index (χ1n) is 13.2. The van der Waals surface area contributed by atoms with Gasteiger partial charge < -0.3 is 19.9 Å². The van der Waals surface area contributed by atoms with E-state index in [-0.39, 0.29) is 11.9 Å². The maximum absolute atomic E-state index is 7.87. The summed E-state index contributed by atoms with van der Waals surface area (Å²) in [5.74, 6) is 2.70. The van der Waals surface area contributed by atoms with Crippen LogP contribution in [0.4, 0.5) is 0 Å². The molecule has 7 heteroatoms. The van der Waals surface area contributed by atoms with E-state index in [1.165, 1.54) is 5.56 Å². The van der Waals surface area contributed by atoms with Gasteiger partial charge in [-0.15, -0.1) is 0 Å². The van der Waals surface area contributed by atoms with Crippen LogP contribution in [0.3, 0.4) is 0 Å². The lowest BCUT2D eigenvalue weighted by Crippen LogP contribution is -2.40. The molecule has 5 rings (SSSR count). The molecule has 0 amide bonds. The molecule has 1 aliphatic rings. The lowest BCUT2D eigenvalue weighted by molar-refractivity contribution is 0.130. The zero-order valence-corrected chi connectivity index (χ0v) is 21.8. The number of imidazole rings is 1. The Kier molecular flexibility index (Phi) is 7.12. The molecule has 0 unspecified atom stereocenters. The number of nitrogens with one attached hydrogen (secondary N) is 2. The highest BCUT2D eigenvalue weighted by Crippen LogP contribution is 2.27. The topological polar surface area (TPSA) is 104 Å². The van der Waals surface area contributed by atoms with E-state index in [2.05, 4.69) is 46.7 Å². The number of unbranched alkanes of at least 4 members (excludes halogenated alkanes) is 1. The Balaban J connectivity index is 1.44. The van der Waals surface area contributed by atoms with Crippen LogP contribution in [-0.2, 0) is 13.0 Å². The second kappa shape index (κ2) is 10.6. The molecule has 1 fully saturated rings. The van der Waals surface area contributed by atoms with Gasteiger partial charge in [-0.25, -0.2) is 4.98 Å². The lowest BCUT2D eigenvalue weighted by atomic mass is 10.0. The third kappa shape index (κ3) is 5.45. The van der Waals surface area contributed by atoms with Crippen molar-refractivity contribution in [1.82, 2.24) is 14.5 Å². The lowest BCUT2D eigenvalue weighted by Gasteiger charge is -2.32. The van der Waals surface area contributed by atoms with E-state index in [0.717, 1.165) is 90.7 Å². The summed E-state index contributed by atoms with van der Waals surface area (Å²) in [6.07, 6.45) is 5.17. The van der Waals surface area contributed by atoms with Gasteiger partial charge in [-0.05, 0) is 53.9 Å². The number of nitrogen functional groups attached to an aromatic ring is 1. The quantitative estimate of drug-likeness (QED) is 0.215. The van der Waals surface area contributed by atoms with Crippen molar-refractivity contribution >= 4 is 33.5 Å². The van der Waals surface area contributed by atoms with Crippen molar-refractivity contribution in [1.29, 1.82) is 10.8 Å². The summed E-state index contributed by atoms with van der Waals surface area (Å²) in [6.45, 7) is 6.52. The molecular weight excluding hydrogens is 460 g/mol. The highest BCUT2D eigenvalue weighted by Gasteiger charge is 2.21. The number of hydrogen-bond acceptors (Lipinski definition) is 4. The van der Waals surface area contributed by atoms with Gasteiger partial charge in [0.05, 0.1) is 16.9 Å². The van der Waals surface area contributed by atoms with Crippen molar-refractivity contribution in [3.05, 3.63) is 71.5 Å². The van der Waals surface area contributed by atoms with Crippen LogP contribution in [0.1, 0.15) is 56.5 Å². The molecular formula is C30H36N6O. The first-order chi connectivity index (χ1) is 17.9. The summed E-state index contributed by atoms with van der Waals surface area (Å²) in [5, 5.41) is 17.9. The fraction of sp³-hybridized carbons (Fsp3) is 0.367. The predicted molar refractivity (Wildman–Crippen MR) is 151 cm³/mol. The summed E-state index contributed by atoms with van der Waals surface area (Å²) in [6, 6.07) is 18.7. The Bertz CT molecular complexity index is 1450. The molecule has 1 saturated heterocycles. The Morgan fingerprint density at radius 3 is 2.54 bits per heavy atom. The van der Waals surface area contributed by atoms with Crippen LogP contribution in [0.25, 0.3) is 21.8 Å². The molecule has 0 aliphatic carbocycles. The van der Waals surface area contributed by atoms with Crippen molar-refractivity contribution in [3.63, 3.8) is 0 Å². The number of ether oxygens (including phenoxy) is 1. The fourth-order valence-corrected chi connectivity index (χ4v) is 5.17. The molecule has 7 nitrogen and oxygen atoms in total. The van der Waals surface area contributed by atoms with E-state index in [1.54, 1.807) is 0 Å². The van der Waals surface area contributed by atoms with Gasteiger partial charge in [0.1, 0.15) is 23.5 Å². The van der Waals surface area contributed by atoms with Crippen molar-refractivity contribution in [3.8, 4) is 5.75 Å². The molecule has 1 aromatic heterocycles. The Labute approximate surface area is 218 Å². The average Bonchev–Trinajstić information content (AvgIpc) is 3.23. The van der Waals surface area contributed by atoms with Gasteiger partial charge in [0.2, 0.25) is 0 Å². The number of hydrogen-bond donors (Lipinski definition) is 3. The minimum Gasteiger partial charge on any atom is -0.490 e. The Morgan fingerprint density at radius 2 is 1.81 bits per heavy atom. The molecule has 4 N–H and O–H groups in total. The van der Waals surface area contributed by atoms with Crippen LogP contribution in [0.5, 0.6) is 5.75 Å². The minimum absolute atomic E-state index is 0.0842. The van der Waals surface area contributed by atoms with Crippen LogP contribution >= 0.6 is 0 Å². The molecule has 37 heavy (non-hydrogen) atoms. The maximum atomic E-state index is 7.87. The number of nitrogens with two attached hydrogens (primary N) is 1. The van der Waals surface area contributed by atoms with E-state index < -0.39 is 0 Å². The molecule has 0 spiro atoms. The zero-order chi connectivity index (χ0) is 25.9. The summed E-state index contributed by atoms with van der Waals surface area (Å²) in [4.78, 5) is 7.11. The molecule has 1 aliphatic heterocycles. The zero-order valence-electron chi connectivity index (χ0n) is 21.8. The third-order valence-corrected chi connectivity index (χ3v) is 7.33. The Morgan fingerprint density at radius 1 is 1.03 bits per heavy atom. The molecule has 192 valence electrons. The summed E-state index contributed by atoms with van der Waals surface area (Å²) in [5.41, 5.74) is 9.74. The first-order valence-corrected chi connectivity index (χ1v) is 13.2. The van der Waals surface area contributed by atoms with Gasteiger partial charge in [0.15, 0.2) is 0 Å². The van der Waals surface area contributed by atoms with Gasteiger partial charge in [0.25, 0.3) is 0 Å². The number of fused-ring (bicyclic) bond motifs is 2. The SMILES string of the molecule is CCCCc1nc2ccc(OC3CCN(C(C)=N)CC3)cc2n1Cc1ccc2ccc(C(=N)N)cc2c1. The number of aryl methyl sites for hydroxylation is 1. The number of piperidine rings is 1. The number of nitrogens with zero attached hydrogens (tertiary/aromatic N) is 3. The predicted octanol–water partition coefficient (Wildman–Crippen LogP) is 5.70. The number of aromatic nitrogens is 2. The van der Waals surface area contributed by atoms with Crippen LogP contribution in [-0.4, -0.2) is 45.3 Å². The van der Waals surface area contributed by atoms with Gasteiger partial charge in [-0.1, -0.05) is 37.6 Å². The van der Waals surface area contributed by atoms with E-state index in [4.69, 9.17) is 26.3 Å². The highest BCUT2D eigenvalue weighted by molar-refractivity contribution is 5.99. The van der Waals surface area contributed by atoms with Gasteiger partial charge in [0, 0.05) is 50.5 Å². The molecule has 2 heterocycles. The number of likely N-dealkylation sites (tertiary alicyclic amines) is 1. The van der Waals surface area contributed by atoms with E-state index in [1.807, 2.05) is 31.2 Å². The number of amidine groups is 2. The van der Waals surface area contributed by atoms with E-state index in [0.29, 0.717) is 5.84 Å². The smallest absolute Gasteiger partial charge is 0.122 e. The van der Waals surface area contributed by atoms with Crippen molar-refractivity contribution in [2.75, 3.05) is 13.1 Å². The number of benzene rings is 3. The van der Waals surface area contributed by atoms with E-state index in [9.17, 15) is 0 Å². The van der Waals surface area contributed by atoms with Crippen molar-refractivity contribution in [2.45, 2.75) is 58.6 Å². The monoisotopic (exact) mass is 496 g/mol. The molecule has 0 saturated carbocycles. The second-order valence-corrected chi connectivity index (χ2v) is 10.1. The summed E-state index contributed by atoms with van der Waals surface area (Å²) in [7, 11) is 0. The van der Waals surface area contributed by atoms with Gasteiger partial charge in [-0.3, -0.25) is 10.8 Å². The molecule has 0 atom stereocenters. The fourth-order valence-electron chi connectivity index (χ4n) is 5.17. The molecule has 0 radical (unpaired) electrons. The Hall–Kier alpha value is -3.87. The molecule has 0 bridgehead atoms. The van der Waals surface area contributed by atoms with Crippen LogP contribution in [0.15, 0.2) is 54.6 Å². The van der Waals surface area contributed by atoms with Crippen LogP contribution in [0, 0.1) is 10.8 Å². The summed E-state index contributed by atoms with van der Waals surface area (Å²) >= 11 is 0. The highest BCUT2D eigenvalue weighted by atomic mass is 16.5. The van der Waals surface area contributed by atoms with Crippen molar-refractivity contribution in [2.24, 2.45) is 5.73 Å². The molecule has 4 aromatic rings. The largest absolute Gasteiger partial charge is 0.490 e. The first kappa shape index (κ1) is 24.8. The van der Waals surface area contributed by atoms with Crippen LogP contribution in [0.2, 0.25) is 0 Å². The summed E-state index contributed by atoms with van der Waals surface area (Å²) < 4.78 is 8.74. The van der Waals surface area contributed by atoms with E-state index >= 15 is 0 Å². The normalized spacial score (nSPS) is 14.4. The van der Waals surface area contributed by atoms with Gasteiger partial charge >= 0.3 is 0 Å². The average molecular weight is 497 g/mol. The van der Waals surface area contributed by atoms with Gasteiger partial charge in [-0.2, -0.15) is 0 Å². The third-order valence-electron chi connectivity index (χ3n) is 7.33. The van der Waals surface area contributed by atoms with Crippen molar-refractivity contribution < 1.29 is 4.74 Å². The standard InChI is InChI=1S/C30H36N6O/c1-3-4-5-29-34-27-11-10-26(37-25-12-14-35(15-13-25)20(2)31)18-28(27)36(29)19-21-6-7-22-8-9-23(30(32)33)17-24(22)16-21/h6-11,16-18,25,31H,3-5,12-15,19H2,1-2H3,(H3,32,33). The molecule has 3 aromatic carbocycles. The maximum Gasteiger partial charge on any atom is 0.122 e. The van der Waals surface area contributed by atoms with Crippen LogP contribution < -0.4 is 10.5 Å².